The molecule has 0 aliphatic carbocycles. The molecule has 0 saturated carbocycles. The number of aromatic nitrogens is 2. The van der Waals surface area contributed by atoms with Crippen molar-refractivity contribution in [3.8, 4) is 11.5 Å². The van der Waals surface area contributed by atoms with Gasteiger partial charge in [0.2, 0.25) is 0 Å². The zero-order valence-corrected chi connectivity index (χ0v) is 7.32. The van der Waals surface area contributed by atoms with E-state index in [4.69, 9.17) is 4.52 Å². The molecule has 0 N–H and O–H groups in total. The van der Waals surface area contributed by atoms with Gasteiger partial charge >= 0.3 is 0 Å². The van der Waals surface area contributed by atoms with E-state index in [0.29, 0.717) is 11.7 Å². The monoisotopic (exact) mass is 173 g/mol. The van der Waals surface area contributed by atoms with Crippen LogP contribution in [0.3, 0.4) is 0 Å². The Bertz CT molecular complexity index is 403. The third-order valence-electron chi connectivity index (χ3n) is 1.73. The van der Waals surface area contributed by atoms with Crippen molar-refractivity contribution in [3.05, 3.63) is 42.6 Å². The predicted molar refractivity (Wildman–Crippen MR) is 48.9 cm³/mol. The first-order valence-electron chi connectivity index (χ1n) is 3.98. The minimum atomic E-state index is 0.553. The number of nitrogens with zero attached hydrogens (tertiary/aromatic N) is 2. The van der Waals surface area contributed by atoms with Gasteiger partial charge in [0.1, 0.15) is 0 Å². The lowest BCUT2D eigenvalue weighted by Crippen LogP contribution is -1.78. The number of hydrogen-bond acceptors (Lipinski definition) is 3. The van der Waals surface area contributed by atoms with E-state index in [2.05, 4.69) is 17.1 Å². The Labute approximate surface area is 76.4 Å². The molecule has 0 aliphatic heterocycles. The fourth-order valence-corrected chi connectivity index (χ4v) is 1.06. The summed E-state index contributed by atoms with van der Waals surface area (Å²) in [5, 5.41) is 3.71. The second-order valence-corrected chi connectivity index (χ2v) is 2.84. The van der Waals surface area contributed by atoms with Gasteiger partial charge in [-0.1, -0.05) is 17.3 Å². The van der Waals surface area contributed by atoms with Crippen molar-refractivity contribution in [1.29, 1.82) is 0 Å². The van der Waals surface area contributed by atoms with E-state index in [9.17, 15) is 0 Å². The highest BCUT2D eigenvalue weighted by atomic mass is 16.5. The van der Waals surface area contributed by atoms with Crippen LogP contribution in [0.5, 0.6) is 0 Å². The smallest absolute Gasteiger partial charge is 0.257 e. The van der Waals surface area contributed by atoms with Crippen molar-refractivity contribution < 1.29 is 4.52 Å². The van der Waals surface area contributed by atoms with Crippen LogP contribution in [-0.4, -0.2) is 10.1 Å². The molecule has 0 saturated heterocycles. The summed E-state index contributed by atoms with van der Waals surface area (Å²) in [7, 11) is 0. The van der Waals surface area contributed by atoms with Crippen LogP contribution >= 0.6 is 0 Å². The lowest BCUT2D eigenvalue weighted by Gasteiger charge is -1.93. The topological polar surface area (TPSA) is 38.9 Å². The molecule has 0 bridgehead atoms. The third kappa shape index (κ3) is 1.59. The van der Waals surface area contributed by atoms with Gasteiger partial charge in [0, 0.05) is 5.56 Å². The number of rotatable bonds is 1. The fraction of sp³-hybridized carbons (Fsp3) is 0.100. The average molecular weight is 173 g/mol. The van der Waals surface area contributed by atoms with Gasteiger partial charge < -0.3 is 4.52 Å². The highest BCUT2D eigenvalue weighted by molar-refractivity contribution is 5.53. The summed E-state index contributed by atoms with van der Waals surface area (Å²) in [6, 6.07) is 7.65. The molecule has 0 spiro atoms. The molecular weight excluding hydrogens is 164 g/mol. The molecule has 0 fully saturated rings. The lowest BCUT2D eigenvalue weighted by molar-refractivity contribution is 0.425. The second-order valence-electron chi connectivity index (χ2n) is 2.84. The van der Waals surface area contributed by atoms with Crippen LogP contribution in [-0.2, 0) is 0 Å². The minimum Gasteiger partial charge on any atom is -0.334 e. The fourth-order valence-electron chi connectivity index (χ4n) is 1.06. The normalized spacial score (nSPS) is 10.3. The van der Waals surface area contributed by atoms with Gasteiger partial charge in [-0.2, -0.15) is 4.98 Å². The summed E-state index contributed by atoms with van der Waals surface area (Å²) in [4.78, 5) is 4.11. The first-order valence-corrected chi connectivity index (χ1v) is 3.98. The average Bonchev–Trinajstić information content (AvgIpc) is 2.53. The van der Waals surface area contributed by atoms with Gasteiger partial charge in [-0.3, -0.25) is 0 Å². The number of aryl methyl sites for hydroxylation is 1. The first kappa shape index (κ1) is 7.98. The van der Waals surface area contributed by atoms with Gasteiger partial charge in [0.25, 0.3) is 5.89 Å². The Morgan fingerprint density at radius 1 is 1.23 bits per heavy atom. The maximum atomic E-state index is 5.01. The van der Waals surface area contributed by atoms with E-state index in [-0.39, 0.29) is 0 Å². The van der Waals surface area contributed by atoms with Gasteiger partial charge in [0.05, 0.1) is 0 Å². The van der Waals surface area contributed by atoms with Crippen molar-refractivity contribution in [2.45, 2.75) is 6.92 Å². The standard InChI is InChI=1S/C10H9N2O/c1-7-3-5-9(6-4-7)10-11-8(2)12-13-10/h3-6H,1H2,2H3. The second kappa shape index (κ2) is 3.01. The molecule has 2 rings (SSSR count). The Morgan fingerprint density at radius 3 is 2.46 bits per heavy atom. The van der Waals surface area contributed by atoms with Crippen LogP contribution in [0.4, 0.5) is 0 Å². The van der Waals surface area contributed by atoms with E-state index in [1.54, 1.807) is 6.92 Å². The molecule has 0 atom stereocenters. The summed E-state index contributed by atoms with van der Waals surface area (Å²) < 4.78 is 5.01. The predicted octanol–water partition coefficient (Wildman–Crippen LogP) is 2.23. The summed E-state index contributed by atoms with van der Waals surface area (Å²) in [5.41, 5.74) is 1.90. The van der Waals surface area contributed by atoms with Crippen molar-refractivity contribution in [1.82, 2.24) is 10.1 Å². The molecular formula is C10H9N2O. The van der Waals surface area contributed by atoms with Crippen LogP contribution in [0, 0.1) is 13.8 Å². The molecule has 1 aromatic heterocycles. The van der Waals surface area contributed by atoms with Crippen LogP contribution in [0.25, 0.3) is 11.5 Å². The summed E-state index contributed by atoms with van der Waals surface area (Å²) in [6.07, 6.45) is 0. The summed E-state index contributed by atoms with van der Waals surface area (Å²) in [5.74, 6) is 1.20. The van der Waals surface area contributed by atoms with E-state index < -0.39 is 0 Å². The molecule has 1 radical (unpaired) electrons. The highest BCUT2D eigenvalue weighted by Crippen LogP contribution is 2.16. The van der Waals surface area contributed by atoms with Gasteiger partial charge in [-0.25, -0.2) is 0 Å². The molecule has 1 heterocycles. The third-order valence-corrected chi connectivity index (χ3v) is 1.73. The quantitative estimate of drug-likeness (QED) is 0.663. The Hall–Kier alpha value is -1.64. The van der Waals surface area contributed by atoms with Crippen molar-refractivity contribution >= 4 is 0 Å². The molecule has 3 heteroatoms. The number of benzene rings is 1. The van der Waals surface area contributed by atoms with Crippen LogP contribution in [0.15, 0.2) is 28.8 Å². The largest absolute Gasteiger partial charge is 0.334 e. The zero-order chi connectivity index (χ0) is 9.26. The van der Waals surface area contributed by atoms with Gasteiger partial charge in [0.15, 0.2) is 5.82 Å². The van der Waals surface area contributed by atoms with E-state index in [0.717, 1.165) is 11.1 Å². The van der Waals surface area contributed by atoms with Crippen molar-refractivity contribution in [2.75, 3.05) is 0 Å². The molecule has 0 unspecified atom stereocenters. The van der Waals surface area contributed by atoms with Crippen molar-refractivity contribution in [3.63, 3.8) is 0 Å². The van der Waals surface area contributed by atoms with Crippen LogP contribution < -0.4 is 0 Å². The summed E-state index contributed by atoms with van der Waals surface area (Å²) in [6.45, 7) is 5.59. The molecule has 0 aliphatic rings. The molecule has 2 aromatic rings. The van der Waals surface area contributed by atoms with Crippen LogP contribution in [0.2, 0.25) is 0 Å². The maximum Gasteiger partial charge on any atom is 0.257 e. The summed E-state index contributed by atoms with van der Waals surface area (Å²) >= 11 is 0. The maximum absolute atomic E-state index is 5.01. The Morgan fingerprint density at radius 2 is 1.92 bits per heavy atom. The Balaban J connectivity index is 2.41. The first-order chi connectivity index (χ1) is 6.25. The molecule has 65 valence electrons. The van der Waals surface area contributed by atoms with E-state index >= 15 is 0 Å². The van der Waals surface area contributed by atoms with Crippen molar-refractivity contribution in [2.24, 2.45) is 0 Å². The van der Waals surface area contributed by atoms with Crippen LogP contribution in [0.1, 0.15) is 11.4 Å². The number of hydrogen-bond donors (Lipinski definition) is 0. The Kier molecular flexibility index (Phi) is 1.85. The van der Waals surface area contributed by atoms with E-state index in [1.807, 2.05) is 24.3 Å². The molecule has 1 aromatic carbocycles. The van der Waals surface area contributed by atoms with Gasteiger partial charge in [-0.05, 0) is 31.5 Å². The molecule has 0 amide bonds. The van der Waals surface area contributed by atoms with Gasteiger partial charge in [-0.15, -0.1) is 0 Å². The minimum absolute atomic E-state index is 0.553. The molecule has 13 heavy (non-hydrogen) atoms. The SMILES string of the molecule is [CH2]c1ccc(-c2nc(C)no2)cc1. The zero-order valence-electron chi connectivity index (χ0n) is 7.32. The lowest BCUT2D eigenvalue weighted by atomic mass is 10.1. The van der Waals surface area contributed by atoms with E-state index in [1.165, 1.54) is 0 Å². The highest BCUT2D eigenvalue weighted by Gasteiger charge is 2.04. The molecule has 3 nitrogen and oxygen atoms in total.